The van der Waals surface area contributed by atoms with Crippen molar-refractivity contribution >= 4 is 0 Å². The van der Waals surface area contributed by atoms with Gasteiger partial charge in [0.1, 0.15) is 5.82 Å². The van der Waals surface area contributed by atoms with Crippen LogP contribution in [0.1, 0.15) is 11.7 Å². The van der Waals surface area contributed by atoms with E-state index in [1.54, 1.807) is 29.2 Å². The molecule has 5 heteroatoms. The van der Waals surface area contributed by atoms with Crippen LogP contribution in [0.4, 0.5) is 4.39 Å². The second kappa shape index (κ2) is 4.42. The van der Waals surface area contributed by atoms with E-state index < -0.39 is 6.04 Å². The standard InChI is InChI=1S/C11H12FN3O/c12-8-1-3-9(4-2-8)15-5-11(14-7-15)10(13)6-16/h1-5,7,10,16H,6,13H2. The molecule has 1 aromatic carbocycles. The molecule has 2 rings (SSSR count). The summed E-state index contributed by atoms with van der Waals surface area (Å²) in [6.45, 7) is -0.152. The number of aromatic nitrogens is 2. The van der Waals surface area contributed by atoms with Crippen molar-refractivity contribution in [3.05, 3.63) is 48.3 Å². The van der Waals surface area contributed by atoms with Gasteiger partial charge in [0.05, 0.1) is 24.7 Å². The molecular weight excluding hydrogens is 209 g/mol. The van der Waals surface area contributed by atoms with Gasteiger partial charge in [-0.05, 0) is 24.3 Å². The molecule has 0 amide bonds. The van der Waals surface area contributed by atoms with Gasteiger partial charge in [0.25, 0.3) is 0 Å². The third kappa shape index (κ3) is 2.10. The van der Waals surface area contributed by atoms with Gasteiger partial charge in [-0.2, -0.15) is 0 Å². The van der Waals surface area contributed by atoms with Crippen molar-refractivity contribution in [1.29, 1.82) is 0 Å². The zero-order valence-corrected chi connectivity index (χ0v) is 8.55. The Morgan fingerprint density at radius 3 is 2.69 bits per heavy atom. The quantitative estimate of drug-likeness (QED) is 0.812. The Morgan fingerprint density at radius 1 is 1.38 bits per heavy atom. The fraction of sp³-hybridized carbons (Fsp3) is 0.182. The molecular formula is C11H12FN3O. The second-order valence-electron chi connectivity index (χ2n) is 3.47. The molecule has 0 radical (unpaired) electrons. The molecule has 1 atom stereocenters. The van der Waals surface area contributed by atoms with Crippen LogP contribution >= 0.6 is 0 Å². The number of nitrogens with zero attached hydrogens (tertiary/aromatic N) is 2. The van der Waals surface area contributed by atoms with Crippen LogP contribution in [0.25, 0.3) is 5.69 Å². The predicted molar refractivity (Wildman–Crippen MR) is 57.5 cm³/mol. The van der Waals surface area contributed by atoms with E-state index in [9.17, 15) is 4.39 Å². The van der Waals surface area contributed by atoms with Crippen molar-refractivity contribution < 1.29 is 9.50 Å². The summed E-state index contributed by atoms with van der Waals surface area (Å²) in [6.07, 6.45) is 3.30. The molecule has 0 saturated carbocycles. The molecule has 16 heavy (non-hydrogen) atoms. The largest absolute Gasteiger partial charge is 0.394 e. The number of hydrogen-bond donors (Lipinski definition) is 2. The van der Waals surface area contributed by atoms with Gasteiger partial charge in [-0.1, -0.05) is 0 Å². The average Bonchev–Trinajstić information content (AvgIpc) is 2.78. The summed E-state index contributed by atoms with van der Waals surface area (Å²) in [5.41, 5.74) is 7.02. The van der Waals surface area contributed by atoms with Crippen LogP contribution in [0.5, 0.6) is 0 Å². The fourth-order valence-electron chi connectivity index (χ4n) is 1.38. The van der Waals surface area contributed by atoms with Crippen LogP contribution < -0.4 is 5.73 Å². The number of aliphatic hydroxyl groups is 1. The van der Waals surface area contributed by atoms with Gasteiger partial charge < -0.3 is 15.4 Å². The summed E-state index contributed by atoms with van der Waals surface area (Å²) in [5.74, 6) is -0.281. The molecule has 0 fully saturated rings. The number of hydrogen-bond acceptors (Lipinski definition) is 3. The molecule has 0 spiro atoms. The minimum absolute atomic E-state index is 0.152. The van der Waals surface area contributed by atoms with Crippen LogP contribution in [0.3, 0.4) is 0 Å². The zero-order valence-electron chi connectivity index (χ0n) is 8.55. The van der Waals surface area contributed by atoms with E-state index in [1.165, 1.54) is 12.1 Å². The Hall–Kier alpha value is -1.72. The Bertz CT molecular complexity index is 466. The Kier molecular flexibility index (Phi) is 2.98. The van der Waals surface area contributed by atoms with Gasteiger partial charge in [0.2, 0.25) is 0 Å². The summed E-state index contributed by atoms with van der Waals surface area (Å²) < 4.78 is 14.4. The lowest BCUT2D eigenvalue weighted by atomic mass is 10.2. The minimum Gasteiger partial charge on any atom is -0.394 e. The van der Waals surface area contributed by atoms with E-state index in [2.05, 4.69) is 4.98 Å². The molecule has 2 aromatic rings. The SMILES string of the molecule is NC(CO)c1cn(-c2ccc(F)cc2)cn1. The molecule has 0 bridgehead atoms. The summed E-state index contributed by atoms with van der Waals surface area (Å²) in [7, 11) is 0. The Morgan fingerprint density at radius 2 is 2.06 bits per heavy atom. The van der Waals surface area contributed by atoms with E-state index in [-0.39, 0.29) is 12.4 Å². The number of aliphatic hydroxyl groups excluding tert-OH is 1. The Balaban J connectivity index is 2.28. The van der Waals surface area contributed by atoms with Crippen molar-refractivity contribution in [2.75, 3.05) is 6.61 Å². The first kappa shape index (κ1) is 10.8. The van der Waals surface area contributed by atoms with Crippen molar-refractivity contribution in [3.8, 4) is 5.69 Å². The zero-order chi connectivity index (χ0) is 11.5. The van der Waals surface area contributed by atoms with Crippen LogP contribution in [0.2, 0.25) is 0 Å². The highest BCUT2D eigenvalue weighted by Crippen LogP contribution is 2.12. The smallest absolute Gasteiger partial charge is 0.123 e. The molecule has 0 saturated heterocycles. The molecule has 1 heterocycles. The summed E-state index contributed by atoms with van der Waals surface area (Å²) in [6, 6.07) is 5.56. The predicted octanol–water partition coefficient (Wildman–Crippen LogP) is 1.00. The second-order valence-corrected chi connectivity index (χ2v) is 3.47. The van der Waals surface area contributed by atoms with Gasteiger partial charge in [-0.15, -0.1) is 0 Å². The molecule has 1 aromatic heterocycles. The van der Waals surface area contributed by atoms with Gasteiger partial charge in [-0.25, -0.2) is 9.37 Å². The minimum atomic E-state index is -0.485. The lowest BCUT2D eigenvalue weighted by Gasteiger charge is -2.03. The van der Waals surface area contributed by atoms with Gasteiger partial charge in [0, 0.05) is 11.9 Å². The molecule has 84 valence electrons. The third-order valence-corrected chi connectivity index (χ3v) is 2.30. The first-order valence-electron chi connectivity index (χ1n) is 4.87. The maximum atomic E-state index is 12.7. The first-order chi connectivity index (χ1) is 7.70. The average molecular weight is 221 g/mol. The highest BCUT2D eigenvalue weighted by Gasteiger charge is 2.08. The summed E-state index contributed by atoms with van der Waals surface area (Å²) >= 11 is 0. The molecule has 0 aliphatic rings. The van der Waals surface area contributed by atoms with Gasteiger partial charge >= 0.3 is 0 Å². The molecule has 4 nitrogen and oxygen atoms in total. The lowest BCUT2D eigenvalue weighted by Crippen LogP contribution is -2.14. The Labute approximate surface area is 92.2 Å². The number of rotatable bonds is 3. The van der Waals surface area contributed by atoms with E-state index >= 15 is 0 Å². The normalized spacial score (nSPS) is 12.7. The third-order valence-electron chi connectivity index (χ3n) is 2.30. The van der Waals surface area contributed by atoms with Crippen molar-refractivity contribution in [2.24, 2.45) is 5.73 Å². The molecule has 0 aliphatic carbocycles. The van der Waals surface area contributed by atoms with Crippen LogP contribution in [-0.2, 0) is 0 Å². The van der Waals surface area contributed by atoms with Crippen LogP contribution in [-0.4, -0.2) is 21.3 Å². The van der Waals surface area contributed by atoms with Gasteiger partial charge in [-0.3, -0.25) is 0 Å². The van der Waals surface area contributed by atoms with Crippen molar-refractivity contribution in [2.45, 2.75) is 6.04 Å². The van der Waals surface area contributed by atoms with Crippen LogP contribution in [0.15, 0.2) is 36.8 Å². The molecule has 3 N–H and O–H groups in total. The van der Waals surface area contributed by atoms with E-state index in [1.807, 2.05) is 0 Å². The van der Waals surface area contributed by atoms with E-state index in [4.69, 9.17) is 10.8 Å². The first-order valence-corrected chi connectivity index (χ1v) is 4.87. The number of halogens is 1. The maximum Gasteiger partial charge on any atom is 0.123 e. The lowest BCUT2D eigenvalue weighted by molar-refractivity contribution is 0.266. The fourth-order valence-corrected chi connectivity index (χ4v) is 1.38. The van der Waals surface area contributed by atoms with Crippen molar-refractivity contribution in [1.82, 2.24) is 9.55 Å². The van der Waals surface area contributed by atoms with Gasteiger partial charge in [0.15, 0.2) is 0 Å². The van der Waals surface area contributed by atoms with Crippen molar-refractivity contribution in [3.63, 3.8) is 0 Å². The number of benzene rings is 1. The molecule has 0 aliphatic heterocycles. The summed E-state index contributed by atoms with van der Waals surface area (Å²) in [5, 5.41) is 8.88. The number of imidazole rings is 1. The summed E-state index contributed by atoms with van der Waals surface area (Å²) in [4.78, 5) is 4.07. The monoisotopic (exact) mass is 221 g/mol. The molecule has 1 unspecified atom stereocenters. The van der Waals surface area contributed by atoms with E-state index in [0.717, 1.165) is 5.69 Å². The number of nitrogens with two attached hydrogens (primary N) is 1. The highest BCUT2D eigenvalue weighted by atomic mass is 19.1. The highest BCUT2D eigenvalue weighted by molar-refractivity contribution is 5.32. The van der Waals surface area contributed by atoms with Crippen LogP contribution in [0, 0.1) is 5.82 Å². The topological polar surface area (TPSA) is 64.1 Å². The van der Waals surface area contributed by atoms with E-state index in [0.29, 0.717) is 5.69 Å². The maximum absolute atomic E-state index is 12.7.